The number of non-ortho nitro benzene ring substituents is 1. The van der Waals surface area contributed by atoms with E-state index in [4.69, 9.17) is 4.74 Å². The molecule has 0 radical (unpaired) electrons. The predicted octanol–water partition coefficient (Wildman–Crippen LogP) is 2.99. The van der Waals surface area contributed by atoms with E-state index in [0.717, 1.165) is 5.75 Å². The van der Waals surface area contributed by atoms with Gasteiger partial charge in [0.05, 0.1) is 17.4 Å². The Morgan fingerprint density at radius 2 is 1.89 bits per heavy atom. The van der Waals surface area contributed by atoms with Crippen LogP contribution in [0.2, 0.25) is 0 Å². The number of nitro benzene ring substituents is 1. The van der Waals surface area contributed by atoms with Crippen LogP contribution in [0.1, 0.15) is 13.3 Å². The molecule has 0 spiro atoms. The second-order valence-corrected chi connectivity index (χ2v) is 6.13. The van der Waals surface area contributed by atoms with E-state index < -0.39 is 10.8 Å². The lowest BCUT2D eigenvalue weighted by molar-refractivity contribution is -0.384. The van der Waals surface area contributed by atoms with E-state index in [-0.39, 0.29) is 30.5 Å². The maximum Gasteiger partial charge on any atom is 0.269 e. The Morgan fingerprint density at radius 3 is 2.48 bits per heavy atom. The van der Waals surface area contributed by atoms with Gasteiger partial charge in [0.1, 0.15) is 5.75 Å². The molecule has 1 atom stereocenters. The number of nitrogens with one attached hydrogen (secondary N) is 1. The van der Waals surface area contributed by atoms with E-state index in [1.54, 1.807) is 29.2 Å². The minimum Gasteiger partial charge on any atom is -0.494 e. The van der Waals surface area contributed by atoms with Crippen LogP contribution in [-0.4, -0.2) is 29.9 Å². The molecule has 27 heavy (non-hydrogen) atoms. The van der Waals surface area contributed by atoms with Gasteiger partial charge < -0.3 is 15.0 Å². The molecule has 140 valence electrons. The average molecular weight is 369 g/mol. The molecule has 2 aromatic carbocycles. The van der Waals surface area contributed by atoms with E-state index in [2.05, 4.69) is 5.32 Å². The van der Waals surface area contributed by atoms with Crippen molar-refractivity contribution in [1.29, 1.82) is 0 Å². The lowest BCUT2D eigenvalue weighted by Gasteiger charge is -2.17. The van der Waals surface area contributed by atoms with Crippen LogP contribution in [-0.2, 0) is 9.59 Å². The third kappa shape index (κ3) is 4.22. The Hall–Kier alpha value is -3.42. The number of nitro groups is 1. The zero-order chi connectivity index (χ0) is 19.4. The van der Waals surface area contributed by atoms with Crippen LogP contribution in [0.5, 0.6) is 5.75 Å². The van der Waals surface area contributed by atoms with Crippen molar-refractivity contribution in [3.63, 3.8) is 0 Å². The van der Waals surface area contributed by atoms with E-state index in [9.17, 15) is 19.7 Å². The van der Waals surface area contributed by atoms with Gasteiger partial charge in [-0.25, -0.2) is 0 Å². The molecule has 0 bridgehead atoms. The second-order valence-electron chi connectivity index (χ2n) is 6.13. The highest BCUT2D eigenvalue weighted by molar-refractivity contribution is 6.03. The van der Waals surface area contributed by atoms with Crippen LogP contribution in [0.3, 0.4) is 0 Å². The van der Waals surface area contributed by atoms with Gasteiger partial charge in [-0.05, 0) is 43.3 Å². The van der Waals surface area contributed by atoms with E-state index >= 15 is 0 Å². The molecule has 0 unspecified atom stereocenters. The fourth-order valence-electron chi connectivity index (χ4n) is 2.93. The summed E-state index contributed by atoms with van der Waals surface area (Å²) >= 11 is 0. The van der Waals surface area contributed by atoms with E-state index in [1.807, 2.05) is 6.92 Å². The minimum atomic E-state index is -0.504. The van der Waals surface area contributed by atoms with Crippen molar-refractivity contribution in [2.24, 2.45) is 5.92 Å². The molecule has 2 amide bonds. The fraction of sp³-hybridized carbons (Fsp3) is 0.263. The van der Waals surface area contributed by atoms with Gasteiger partial charge in [-0.2, -0.15) is 0 Å². The van der Waals surface area contributed by atoms with Gasteiger partial charge in [0.25, 0.3) is 5.69 Å². The molecule has 0 saturated carbocycles. The summed E-state index contributed by atoms with van der Waals surface area (Å²) in [5.41, 5.74) is 1.12. The van der Waals surface area contributed by atoms with Crippen molar-refractivity contribution >= 4 is 28.9 Å². The van der Waals surface area contributed by atoms with Gasteiger partial charge in [-0.3, -0.25) is 19.7 Å². The third-order valence-electron chi connectivity index (χ3n) is 4.30. The fourth-order valence-corrected chi connectivity index (χ4v) is 2.93. The molecule has 1 heterocycles. The first-order valence-electron chi connectivity index (χ1n) is 8.56. The van der Waals surface area contributed by atoms with E-state index in [1.165, 1.54) is 24.3 Å². The summed E-state index contributed by atoms with van der Waals surface area (Å²) < 4.78 is 5.39. The minimum absolute atomic E-state index is 0.0503. The molecular weight excluding hydrogens is 350 g/mol. The summed E-state index contributed by atoms with van der Waals surface area (Å²) in [4.78, 5) is 36.5. The zero-order valence-corrected chi connectivity index (χ0v) is 14.8. The normalized spacial score (nSPS) is 16.3. The average Bonchev–Trinajstić information content (AvgIpc) is 3.05. The monoisotopic (exact) mass is 369 g/mol. The summed E-state index contributed by atoms with van der Waals surface area (Å²) in [6.07, 6.45) is 0.117. The third-order valence-corrected chi connectivity index (χ3v) is 4.30. The Kier molecular flexibility index (Phi) is 5.35. The Labute approximate surface area is 155 Å². The number of hydrogen-bond donors (Lipinski definition) is 1. The lowest BCUT2D eigenvalue weighted by atomic mass is 10.1. The van der Waals surface area contributed by atoms with Gasteiger partial charge in [0.2, 0.25) is 11.8 Å². The molecule has 1 N–H and O–H groups in total. The SMILES string of the molecule is CCOc1ccc(N2C[C@@H](C(=O)Nc3ccc([N+](=O)[O-])cc3)CC2=O)cc1. The first-order chi connectivity index (χ1) is 13.0. The number of carbonyl (C=O) groups is 2. The van der Waals surface area contributed by atoms with Crippen molar-refractivity contribution in [2.45, 2.75) is 13.3 Å². The van der Waals surface area contributed by atoms with Crippen molar-refractivity contribution in [3.05, 3.63) is 58.6 Å². The van der Waals surface area contributed by atoms with E-state index in [0.29, 0.717) is 18.0 Å². The molecular formula is C19H19N3O5. The van der Waals surface area contributed by atoms with Gasteiger partial charge in [-0.15, -0.1) is 0 Å². The first kappa shape index (κ1) is 18.4. The Morgan fingerprint density at radius 1 is 1.22 bits per heavy atom. The molecule has 0 aromatic heterocycles. The largest absolute Gasteiger partial charge is 0.494 e. The first-order valence-corrected chi connectivity index (χ1v) is 8.56. The Bertz CT molecular complexity index is 849. The highest BCUT2D eigenvalue weighted by Gasteiger charge is 2.35. The molecule has 0 aliphatic carbocycles. The summed E-state index contributed by atoms with van der Waals surface area (Å²) in [5, 5.41) is 13.4. The number of amides is 2. The van der Waals surface area contributed by atoms with Crippen molar-refractivity contribution in [3.8, 4) is 5.75 Å². The van der Waals surface area contributed by atoms with Gasteiger partial charge >= 0.3 is 0 Å². The van der Waals surface area contributed by atoms with Crippen LogP contribution in [0.4, 0.5) is 17.1 Å². The topological polar surface area (TPSA) is 102 Å². The Balaban J connectivity index is 1.63. The van der Waals surface area contributed by atoms with Crippen LogP contribution < -0.4 is 15.0 Å². The number of carbonyl (C=O) groups excluding carboxylic acids is 2. The summed E-state index contributed by atoms with van der Waals surface area (Å²) in [5.74, 6) is -0.173. The summed E-state index contributed by atoms with van der Waals surface area (Å²) in [7, 11) is 0. The smallest absolute Gasteiger partial charge is 0.269 e. The molecule has 1 fully saturated rings. The number of ether oxygens (including phenoxy) is 1. The van der Waals surface area contributed by atoms with Crippen molar-refractivity contribution < 1.29 is 19.2 Å². The molecule has 2 aromatic rings. The highest BCUT2D eigenvalue weighted by atomic mass is 16.6. The summed E-state index contributed by atoms with van der Waals surface area (Å²) in [6, 6.07) is 12.7. The predicted molar refractivity (Wildman–Crippen MR) is 99.8 cm³/mol. The van der Waals surface area contributed by atoms with Crippen molar-refractivity contribution in [2.75, 3.05) is 23.4 Å². The number of nitrogens with zero attached hydrogens (tertiary/aromatic N) is 2. The number of benzene rings is 2. The highest BCUT2D eigenvalue weighted by Crippen LogP contribution is 2.28. The second kappa shape index (κ2) is 7.86. The number of hydrogen-bond acceptors (Lipinski definition) is 5. The maximum absolute atomic E-state index is 12.5. The molecule has 8 heteroatoms. The number of anilines is 2. The van der Waals surface area contributed by atoms with Crippen molar-refractivity contribution in [1.82, 2.24) is 0 Å². The standard InChI is InChI=1S/C19H19N3O5/c1-2-27-17-9-7-15(8-10-17)21-12-13(11-18(21)23)19(24)20-14-3-5-16(6-4-14)22(25)26/h3-10,13H,2,11-12H2,1H3,(H,20,24)/t13-/m0/s1. The van der Waals surface area contributed by atoms with Crippen LogP contribution in [0.15, 0.2) is 48.5 Å². The van der Waals surface area contributed by atoms with Crippen LogP contribution in [0.25, 0.3) is 0 Å². The van der Waals surface area contributed by atoms with Crippen LogP contribution in [0, 0.1) is 16.0 Å². The summed E-state index contributed by atoms with van der Waals surface area (Å²) in [6.45, 7) is 2.74. The quantitative estimate of drug-likeness (QED) is 0.623. The molecule has 1 saturated heterocycles. The zero-order valence-electron chi connectivity index (χ0n) is 14.8. The van der Waals surface area contributed by atoms with Gasteiger partial charge in [0.15, 0.2) is 0 Å². The molecule has 8 nitrogen and oxygen atoms in total. The maximum atomic E-state index is 12.5. The molecule has 3 rings (SSSR count). The van der Waals surface area contributed by atoms with Gasteiger partial charge in [-0.1, -0.05) is 0 Å². The lowest BCUT2D eigenvalue weighted by Crippen LogP contribution is -2.28. The molecule has 1 aliphatic heterocycles. The van der Waals surface area contributed by atoms with Gasteiger partial charge in [0, 0.05) is 36.5 Å². The van der Waals surface area contributed by atoms with Crippen LogP contribution >= 0.6 is 0 Å². The number of rotatable bonds is 6. The molecule has 1 aliphatic rings.